The Hall–Kier alpha value is -1.02. The van der Waals surface area contributed by atoms with E-state index in [1.54, 1.807) is 6.07 Å². The highest BCUT2D eigenvalue weighted by atomic mass is 127. The molecule has 1 aliphatic rings. The summed E-state index contributed by atoms with van der Waals surface area (Å²) in [4.78, 5) is 11.3. The predicted octanol–water partition coefficient (Wildman–Crippen LogP) is 1.11. The lowest BCUT2D eigenvalue weighted by Gasteiger charge is -2.25. The third-order valence-corrected chi connectivity index (χ3v) is 3.43. The molecular formula is C11H13IN2O3. The van der Waals surface area contributed by atoms with Gasteiger partial charge in [-0.25, -0.2) is 0 Å². The molecule has 1 saturated heterocycles. The number of phenolic OH excluding ortho intramolecular Hbond substituents is 1. The summed E-state index contributed by atoms with van der Waals surface area (Å²) in [6.07, 6.45) is 0.266. The number of carbonyl (C=O) groups is 1. The van der Waals surface area contributed by atoms with Crippen LogP contribution >= 0.6 is 22.6 Å². The minimum Gasteiger partial charge on any atom is -0.504 e. The zero-order chi connectivity index (χ0) is 12.4. The molecule has 0 unspecified atom stereocenters. The Morgan fingerprint density at radius 3 is 2.94 bits per heavy atom. The second kappa shape index (κ2) is 5.09. The van der Waals surface area contributed by atoms with Gasteiger partial charge in [-0.1, -0.05) is 0 Å². The van der Waals surface area contributed by atoms with Gasteiger partial charge >= 0.3 is 0 Å². The minimum atomic E-state index is -0.223. The molecule has 1 aromatic carbocycles. The van der Waals surface area contributed by atoms with Crippen molar-refractivity contribution < 1.29 is 14.6 Å². The highest BCUT2D eigenvalue weighted by Crippen LogP contribution is 2.34. The van der Waals surface area contributed by atoms with Gasteiger partial charge in [-0.3, -0.25) is 10.1 Å². The number of benzene rings is 1. The van der Waals surface area contributed by atoms with Crippen LogP contribution in [-0.2, 0) is 4.79 Å². The first-order valence-corrected chi connectivity index (χ1v) is 6.29. The van der Waals surface area contributed by atoms with Gasteiger partial charge in [0.15, 0.2) is 11.5 Å². The monoisotopic (exact) mass is 348 g/mol. The van der Waals surface area contributed by atoms with Crippen LogP contribution in [-0.4, -0.2) is 24.7 Å². The van der Waals surface area contributed by atoms with Crippen LogP contribution in [0.1, 0.15) is 18.2 Å². The van der Waals surface area contributed by atoms with Crippen LogP contribution in [0.4, 0.5) is 0 Å². The van der Waals surface area contributed by atoms with E-state index in [0.717, 1.165) is 5.56 Å². The van der Waals surface area contributed by atoms with Crippen molar-refractivity contribution >= 4 is 28.5 Å². The lowest BCUT2D eigenvalue weighted by molar-refractivity contribution is -0.123. The molecule has 0 saturated carbocycles. The Balaban J connectivity index is 2.32. The number of halogens is 1. The van der Waals surface area contributed by atoms with Crippen molar-refractivity contribution in [1.29, 1.82) is 0 Å². The van der Waals surface area contributed by atoms with Crippen molar-refractivity contribution in [3.63, 3.8) is 0 Å². The molecule has 0 spiro atoms. The van der Waals surface area contributed by atoms with Crippen molar-refractivity contribution in [3.8, 4) is 11.5 Å². The molecule has 0 aromatic heterocycles. The summed E-state index contributed by atoms with van der Waals surface area (Å²) in [6.45, 7) is 0.649. The van der Waals surface area contributed by atoms with E-state index < -0.39 is 0 Å². The van der Waals surface area contributed by atoms with E-state index >= 15 is 0 Å². The van der Waals surface area contributed by atoms with Crippen LogP contribution in [0.3, 0.4) is 0 Å². The fraction of sp³-hybridized carbons (Fsp3) is 0.364. The van der Waals surface area contributed by atoms with E-state index in [9.17, 15) is 9.90 Å². The van der Waals surface area contributed by atoms with Gasteiger partial charge in [0.2, 0.25) is 5.91 Å². The number of aromatic hydroxyl groups is 1. The van der Waals surface area contributed by atoms with Gasteiger partial charge in [0.25, 0.3) is 0 Å². The second-order valence-corrected chi connectivity index (χ2v) is 4.92. The Bertz CT molecular complexity index is 451. The van der Waals surface area contributed by atoms with Gasteiger partial charge in [-0.2, -0.15) is 0 Å². The third kappa shape index (κ3) is 2.63. The van der Waals surface area contributed by atoms with Crippen molar-refractivity contribution in [2.24, 2.45) is 0 Å². The molecule has 92 valence electrons. The number of ether oxygens (including phenoxy) is 1. The Labute approximate surface area is 113 Å². The molecule has 0 bridgehead atoms. The number of phenols is 1. The van der Waals surface area contributed by atoms with E-state index in [4.69, 9.17) is 4.74 Å². The van der Waals surface area contributed by atoms with Crippen LogP contribution in [0.25, 0.3) is 0 Å². The van der Waals surface area contributed by atoms with Crippen molar-refractivity contribution in [3.05, 3.63) is 21.3 Å². The van der Waals surface area contributed by atoms with Crippen molar-refractivity contribution in [2.75, 3.05) is 13.7 Å². The van der Waals surface area contributed by atoms with E-state index in [1.165, 1.54) is 7.11 Å². The van der Waals surface area contributed by atoms with Gasteiger partial charge in [-0.15, -0.1) is 0 Å². The normalized spacial score (nSPS) is 19.9. The molecule has 1 aromatic rings. The molecule has 6 heteroatoms. The van der Waals surface area contributed by atoms with Crippen LogP contribution < -0.4 is 15.4 Å². The maximum absolute atomic E-state index is 11.3. The standard InChI is InChI=1S/C11H13IN2O3/c1-17-8-5-6(4-7(12)10(8)16)11-13-3-2-9(15)14-11/h4-5,11,13,16H,2-3H2,1H3,(H,14,15)/t11-/m1/s1. The Morgan fingerprint density at radius 2 is 2.29 bits per heavy atom. The maximum atomic E-state index is 11.3. The summed E-state index contributed by atoms with van der Waals surface area (Å²) in [5.74, 6) is 0.559. The second-order valence-electron chi connectivity index (χ2n) is 3.76. The molecule has 17 heavy (non-hydrogen) atoms. The highest BCUT2D eigenvalue weighted by molar-refractivity contribution is 14.1. The SMILES string of the molecule is COc1cc([C@@H]2NCCC(=O)N2)cc(I)c1O. The molecule has 5 nitrogen and oxygen atoms in total. The molecule has 1 amide bonds. The Kier molecular flexibility index (Phi) is 3.72. The third-order valence-electron chi connectivity index (χ3n) is 2.61. The molecule has 0 aliphatic carbocycles. The molecule has 1 atom stereocenters. The first-order chi connectivity index (χ1) is 8.11. The first-order valence-electron chi connectivity index (χ1n) is 5.21. The molecule has 3 N–H and O–H groups in total. The number of hydrogen-bond donors (Lipinski definition) is 3. The molecule has 1 heterocycles. The van der Waals surface area contributed by atoms with Crippen LogP contribution in [0, 0.1) is 3.57 Å². The van der Waals surface area contributed by atoms with E-state index in [-0.39, 0.29) is 17.8 Å². The average Bonchev–Trinajstić information content (AvgIpc) is 2.32. The van der Waals surface area contributed by atoms with Crippen LogP contribution in [0.2, 0.25) is 0 Å². The molecule has 0 radical (unpaired) electrons. The van der Waals surface area contributed by atoms with Crippen LogP contribution in [0.5, 0.6) is 11.5 Å². The van der Waals surface area contributed by atoms with E-state index in [0.29, 0.717) is 22.3 Å². The predicted molar refractivity (Wildman–Crippen MR) is 70.9 cm³/mol. The van der Waals surface area contributed by atoms with Crippen molar-refractivity contribution in [2.45, 2.75) is 12.6 Å². The fourth-order valence-corrected chi connectivity index (χ4v) is 2.36. The zero-order valence-electron chi connectivity index (χ0n) is 9.29. The number of methoxy groups -OCH3 is 1. The zero-order valence-corrected chi connectivity index (χ0v) is 11.4. The van der Waals surface area contributed by atoms with Gasteiger partial charge in [0, 0.05) is 13.0 Å². The topological polar surface area (TPSA) is 70.6 Å². The summed E-state index contributed by atoms with van der Waals surface area (Å²) < 4.78 is 5.78. The van der Waals surface area contributed by atoms with Gasteiger partial charge < -0.3 is 15.2 Å². The van der Waals surface area contributed by atoms with Crippen molar-refractivity contribution in [1.82, 2.24) is 10.6 Å². The fourth-order valence-electron chi connectivity index (χ4n) is 1.73. The van der Waals surface area contributed by atoms with Crippen LogP contribution in [0.15, 0.2) is 12.1 Å². The largest absolute Gasteiger partial charge is 0.504 e. The molecule has 2 rings (SSSR count). The maximum Gasteiger partial charge on any atom is 0.222 e. The molecular weight excluding hydrogens is 335 g/mol. The van der Waals surface area contributed by atoms with E-state index in [2.05, 4.69) is 10.6 Å². The number of nitrogens with one attached hydrogen (secondary N) is 2. The summed E-state index contributed by atoms with van der Waals surface area (Å²) >= 11 is 2.03. The molecule has 1 fully saturated rings. The average molecular weight is 348 g/mol. The molecule has 1 aliphatic heterocycles. The van der Waals surface area contributed by atoms with Gasteiger partial charge in [0.05, 0.1) is 10.7 Å². The quantitative estimate of drug-likeness (QED) is 0.701. The van der Waals surface area contributed by atoms with E-state index in [1.807, 2.05) is 28.7 Å². The summed E-state index contributed by atoms with van der Waals surface area (Å²) in [7, 11) is 1.50. The smallest absolute Gasteiger partial charge is 0.222 e. The first kappa shape index (κ1) is 12.4. The number of rotatable bonds is 2. The van der Waals surface area contributed by atoms with Gasteiger partial charge in [-0.05, 0) is 40.3 Å². The number of amides is 1. The number of carbonyl (C=O) groups excluding carboxylic acids is 1. The minimum absolute atomic E-state index is 0.0239. The lowest BCUT2D eigenvalue weighted by Crippen LogP contribution is -2.44. The Morgan fingerprint density at radius 1 is 1.53 bits per heavy atom. The van der Waals surface area contributed by atoms with Gasteiger partial charge in [0.1, 0.15) is 6.17 Å². The highest BCUT2D eigenvalue weighted by Gasteiger charge is 2.21. The summed E-state index contributed by atoms with van der Waals surface area (Å²) in [5.41, 5.74) is 0.872. The summed E-state index contributed by atoms with van der Waals surface area (Å²) in [5, 5.41) is 15.8. The summed E-state index contributed by atoms with van der Waals surface area (Å²) in [6, 6.07) is 3.54. The lowest BCUT2D eigenvalue weighted by atomic mass is 10.1. The number of hydrogen-bond acceptors (Lipinski definition) is 4.